The summed E-state index contributed by atoms with van der Waals surface area (Å²) < 4.78 is 5.97. The number of para-hydroxylation sites is 1. The van der Waals surface area contributed by atoms with E-state index in [1.165, 1.54) is 25.7 Å². The van der Waals surface area contributed by atoms with E-state index in [0.717, 1.165) is 22.9 Å². The number of aromatic amines is 1. The van der Waals surface area contributed by atoms with E-state index in [1.807, 2.05) is 24.4 Å². The van der Waals surface area contributed by atoms with Gasteiger partial charge in [0.1, 0.15) is 12.4 Å². The highest BCUT2D eigenvalue weighted by Crippen LogP contribution is 2.29. The van der Waals surface area contributed by atoms with Crippen LogP contribution in [0.4, 0.5) is 0 Å². The highest BCUT2D eigenvalue weighted by atomic mass is 16.5. The van der Waals surface area contributed by atoms with Gasteiger partial charge in [0.2, 0.25) is 0 Å². The zero-order valence-corrected chi connectivity index (χ0v) is 12.5. The van der Waals surface area contributed by atoms with E-state index in [4.69, 9.17) is 4.74 Å². The second-order valence-electron chi connectivity index (χ2n) is 5.82. The van der Waals surface area contributed by atoms with Gasteiger partial charge in [-0.1, -0.05) is 24.6 Å². The summed E-state index contributed by atoms with van der Waals surface area (Å²) in [6.07, 6.45) is 10.9. The first-order valence-electron chi connectivity index (χ1n) is 7.71. The number of nitrogens with one attached hydrogen (secondary N) is 1. The van der Waals surface area contributed by atoms with Crippen LogP contribution in [0.3, 0.4) is 0 Å². The molecule has 1 aromatic heterocycles. The SMILES string of the molecule is CC1CCC(=CCOc2ccccc2-c2cnc[nH]2)CC1. The van der Waals surface area contributed by atoms with Crippen LogP contribution in [0.1, 0.15) is 32.6 Å². The molecule has 110 valence electrons. The number of ether oxygens (including phenoxy) is 1. The van der Waals surface area contributed by atoms with Crippen molar-refractivity contribution in [1.29, 1.82) is 0 Å². The van der Waals surface area contributed by atoms with Crippen molar-refractivity contribution in [2.45, 2.75) is 32.6 Å². The number of imidazole rings is 1. The molecule has 1 aliphatic carbocycles. The molecule has 3 heteroatoms. The van der Waals surface area contributed by atoms with E-state index in [-0.39, 0.29) is 0 Å². The van der Waals surface area contributed by atoms with Crippen LogP contribution in [0.15, 0.2) is 48.4 Å². The van der Waals surface area contributed by atoms with Crippen LogP contribution in [0.5, 0.6) is 5.75 Å². The van der Waals surface area contributed by atoms with Crippen LogP contribution in [-0.2, 0) is 0 Å². The number of allylic oxidation sites excluding steroid dienone is 1. The molecular formula is C18H22N2O. The predicted octanol–water partition coefficient (Wildman–Crippen LogP) is 4.59. The Labute approximate surface area is 126 Å². The second-order valence-corrected chi connectivity index (χ2v) is 5.82. The molecule has 0 unspecified atom stereocenters. The Bertz CT molecular complexity index is 591. The first-order chi connectivity index (χ1) is 10.3. The molecule has 3 nitrogen and oxygen atoms in total. The number of hydrogen-bond donors (Lipinski definition) is 1. The standard InChI is InChI=1S/C18H22N2O/c1-14-6-8-15(9-7-14)10-11-21-18-5-3-2-4-16(18)17-12-19-13-20-17/h2-5,10,12-14H,6-9,11H2,1H3,(H,19,20). The minimum Gasteiger partial charge on any atom is -0.489 e. The molecular weight excluding hydrogens is 260 g/mol. The molecule has 0 aliphatic heterocycles. The Kier molecular flexibility index (Phi) is 4.39. The molecule has 1 fully saturated rings. The highest BCUT2D eigenvalue weighted by molar-refractivity contribution is 5.66. The number of rotatable bonds is 4. The fourth-order valence-electron chi connectivity index (χ4n) is 2.80. The maximum Gasteiger partial charge on any atom is 0.129 e. The first-order valence-corrected chi connectivity index (χ1v) is 7.71. The lowest BCUT2D eigenvalue weighted by Gasteiger charge is -2.20. The Hall–Kier alpha value is -2.03. The summed E-state index contributed by atoms with van der Waals surface area (Å²) >= 11 is 0. The van der Waals surface area contributed by atoms with E-state index in [0.29, 0.717) is 6.61 Å². The lowest BCUT2D eigenvalue weighted by molar-refractivity contribution is 0.359. The van der Waals surface area contributed by atoms with Crippen LogP contribution >= 0.6 is 0 Å². The van der Waals surface area contributed by atoms with Crippen LogP contribution in [0, 0.1) is 5.92 Å². The molecule has 0 saturated heterocycles. The summed E-state index contributed by atoms with van der Waals surface area (Å²) in [5.74, 6) is 1.78. The summed E-state index contributed by atoms with van der Waals surface area (Å²) in [4.78, 5) is 7.21. The van der Waals surface area contributed by atoms with E-state index in [2.05, 4.69) is 29.0 Å². The zero-order chi connectivity index (χ0) is 14.5. The molecule has 0 atom stereocenters. The number of benzene rings is 1. The topological polar surface area (TPSA) is 37.9 Å². The van der Waals surface area contributed by atoms with Gasteiger partial charge in [0.15, 0.2) is 0 Å². The van der Waals surface area contributed by atoms with E-state index >= 15 is 0 Å². The fraction of sp³-hybridized carbons (Fsp3) is 0.389. The summed E-state index contributed by atoms with van der Waals surface area (Å²) in [7, 11) is 0. The van der Waals surface area contributed by atoms with Gasteiger partial charge in [0.05, 0.1) is 18.2 Å². The van der Waals surface area contributed by atoms with Crippen molar-refractivity contribution < 1.29 is 4.74 Å². The number of hydrogen-bond acceptors (Lipinski definition) is 2. The van der Waals surface area contributed by atoms with Gasteiger partial charge in [-0.05, 0) is 49.8 Å². The van der Waals surface area contributed by atoms with E-state index in [1.54, 1.807) is 11.9 Å². The first kappa shape index (κ1) is 13.9. The Morgan fingerprint density at radius 3 is 2.86 bits per heavy atom. The molecule has 1 heterocycles. The molecule has 1 N–H and O–H groups in total. The van der Waals surface area contributed by atoms with Crippen molar-refractivity contribution in [1.82, 2.24) is 9.97 Å². The van der Waals surface area contributed by atoms with Crippen LogP contribution in [0.25, 0.3) is 11.3 Å². The zero-order valence-electron chi connectivity index (χ0n) is 12.5. The van der Waals surface area contributed by atoms with Gasteiger partial charge in [0.25, 0.3) is 0 Å². The summed E-state index contributed by atoms with van der Waals surface area (Å²) in [6.45, 7) is 2.99. The van der Waals surface area contributed by atoms with Gasteiger partial charge >= 0.3 is 0 Å². The largest absolute Gasteiger partial charge is 0.489 e. The smallest absolute Gasteiger partial charge is 0.129 e. The molecule has 2 aromatic rings. The lowest BCUT2D eigenvalue weighted by atomic mass is 9.87. The van der Waals surface area contributed by atoms with Crippen molar-refractivity contribution in [3.05, 3.63) is 48.4 Å². The highest BCUT2D eigenvalue weighted by Gasteiger charge is 2.12. The van der Waals surface area contributed by atoms with Crippen molar-refractivity contribution in [3.8, 4) is 17.0 Å². The molecule has 1 aromatic carbocycles. The van der Waals surface area contributed by atoms with Crippen molar-refractivity contribution in [2.24, 2.45) is 5.92 Å². The summed E-state index contributed by atoms with van der Waals surface area (Å²) in [5, 5.41) is 0. The molecule has 0 amide bonds. The lowest BCUT2D eigenvalue weighted by Crippen LogP contribution is -2.05. The third-order valence-corrected chi connectivity index (χ3v) is 4.20. The van der Waals surface area contributed by atoms with Crippen LogP contribution in [-0.4, -0.2) is 16.6 Å². The average Bonchev–Trinajstić information content (AvgIpc) is 3.04. The quantitative estimate of drug-likeness (QED) is 0.833. The number of aromatic nitrogens is 2. The maximum atomic E-state index is 5.97. The normalized spacial score (nSPS) is 18.5. The van der Waals surface area contributed by atoms with Crippen LogP contribution < -0.4 is 4.74 Å². The molecule has 0 bridgehead atoms. The average molecular weight is 282 g/mol. The minimum absolute atomic E-state index is 0.648. The molecule has 3 rings (SSSR count). The van der Waals surface area contributed by atoms with Gasteiger partial charge in [-0.25, -0.2) is 4.98 Å². The van der Waals surface area contributed by atoms with Gasteiger partial charge in [-0.15, -0.1) is 0 Å². The van der Waals surface area contributed by atoms with Gasteiger partial charge in [-0.3, -0.25) is 0 Å². The number of H-pyrrole nitrogens is 1. The maximum absolute atomic E-state index is 5.97. The van der Waals surface area contributed by atoms with Crippen LogP contribution in [0.2, 0.25) is 0 Å². The Morgan fingerprint density at radius 2 is 2.10 bits per heavy atom. The van der Waals surface area contributed by atoms with E-state index in [9.17, 15) is 0 Å². The fourth-order valence-corrected chi connectivity index (χ4v) is 2.80. The molecule has 0 radical (unpaired) electrons. The van der Waals surface area contributed by atoms with Crippen molar-refractivity contribution >= 4 is 0 Å². The van der Waals surface area contributed by atoms with Gasteiger partial charge in [-0.2, -0.15) is 0 Å². The van der Waals surface area contributed by atoms with E-state index < -0.39 is 0 Å². The predicted molar refractivity (Wildman–Crippen MR) is 85.2 cm³/mol. The Balaban J connectivity index is 1.65. The van der Waals surface area contributed by atoms with Gasteiger partial charge < -0.3 is 9.72 Å². The molecule has 0 spiro atoms. The third-order valence-electron chi connectivity index (χ3n) is 4.20. The Morgan fingerprint density at radius 1 is 1.29 bits per heavy atom. The minimum atomic E-state index is 0.648. The van der Waals surface area contributed by atoms with Crippen molar-refractivity contribution in [2.75, 3.05) is 6.61 Å². The second kappa shape index (κ2) is 6.61. The summed E-state index contributed by atoms with van der Waals surface area (Å²) in [5.41, 5.74) is 3.60. The molecule has 21 heavy (non-hydrogen) atoms. The van der Waals surface area contributed by atoms with Crippen molar-refractivity contribution in [3.63, 3.8) is 0 Å². The third kappa shape index (κ3) is 3.54. The monoisotopic (exact) mass is 282 g/mol. The number of nitrogens with zero attached hydrogens (tertiary/aromatic N) is 1. The molecule has 1 aliphatic rings. The molecule has 1 saturated carbocycles. The van der Waals surface area contributed by atoms with Gasteiger partial charge in [0, 0.05) is 5.56 Å². The summed E-state index contributed by atoms with van der Waals surface area (Å²) in [6, 6.07) is 8.09.